The Morgan fingerprint density at radius 2 is 2.35 bits per heavy atom. The van der Waals surface area contributed by atoms with Crippen LogP contribution < -0.4 is 5.32 Å². The van der Waals surface area contributed by atoms with Crippen LogP contribution in [0.4, 0.5) is 0 Å². The highest BCUT2D eigenvalue weighted by molar-refractivity contribution is 5.79. The monoisotopic (exact) mass is 229 g/mol. The van der Waals surface area contributed by atoms with Crippen molar-refractivity contribution in [1.82, 2.24) is 14.7 Å². The van der Waals surface area contributed by atoms with Crippen molar-refractivity contribution < 1.29 is 4.79 Å². The van der Waals surface area contributed by atoms with Crippen LogP contribution in [0.2, 0.25) is 0 Å². The van der Waals surface area contributed by atoms with Gasteiger partial charge in [-0.05, 0) is 25.0 Å². The Morgan fingerprint density at radius 3 is 3.06 bits per heavy atom. The molecule has 17 heavy (non-hydrogen) atoms. The smallest absolute Gasteiger partial charge is 0.223 e. The van der Waals surface area contributed by atoms with E-state index in [4.69, 9.17) is 0 Å². The SMILES string of the molecule is O=C(NCc1cn2ccccc2n1)C1CCC1. The van der Waals surface area contributed by atoms with E-state index in [1.165, 1.54) is 6.42 Å². The Kier molecular flexibility index (Phi) is 2.55. The second-order valence-electron chi connectivity index (χ2n) is 4.54. The van der Waals surface area contributed by atoms with Crippen LogP contribution in [0, 0.1) is 5.92 Å². The molecule has 1 fully saturated rings. The predicted octanol–water partition coefficient (Wildman–Crippen LogP) is 1.75. The topological polar surface area (TPSA) is 46.4 Å². The van der Waals surface area contributed by atoms with Gasteiger partial charge in [0, 0.05) is 18.3 Å². The summed E-state index contributed by atoms with van der Waals surface area (Å²) in [7, 11) is 0. The van der Waals surface area contributed by atoms with Crippen molar-refractivity contribution in [2.45, 2.75) is 25.8 Å². The number of rotatable bonds is 3. The van der Waals surface area contributed by atoms with Crippen molar-refractivity contribution in [3.63, 3.8) is 0 Å². The number of nitrogens with one attached hydrogen (secondary N) is 1. The summed E-state index contributed by atoms with van der Waals surface area (Å²) in [6, 6.07) is 5.88. The van der Waals surface area contributed by atoms with Gasteiger partial charge in [-0.1, -0.05) is 12.5 Å². The van der Waals surface area contributed by atoms with E-state index in [0.717, 1.165) is 24.2 Å². The first-order chi connectivity index (χ1) is 8.33. The number of carbonyl (C=O) groups excluding carboxylic acids is 1. The Balaban J connectivity index is 1.66. The van der Waals surface area contributed by atoms with Gasteiger partial charge in [-0.3, -0.25) is 4.79 Å². The van der Waals surface area contributed by atoms with Crippen LogP contribution in [-0.2, 0) is 11.3 Å². The van der Waals surface area contributed by atoms with Gasteiger partial charge in [0.05, 0.1) is 12.2 Å². The van der Waals surface area contributed by atoms with Gasteiger partial charge in [-0.15, -0.1) is 0 Å². The predicted molar refractivity (Wildman–Crippen MR) is 64.4 cm³/mol. The molecule has 1 aliphatic rings. The number of imidazole rings is 1. The third-order valence-corrected chi connectivity index (χ3v) is 3.33. The minimum absolute atomic E-state index is 0.174. The van der Waals surface area contributed by atoms with E-state index in [9.17, 15) is 4.79 Å². The van der Waals surface area contributed by atoms with E-state index >= 15 is 0 Å². The number of hydrogen-bond acceptors (Lipinski definition) is 2. The summed E-state index contributed by atoms with van der Waals surface area (Å²) in [4.78, 5) is 16.1. The largest absolute Gasteiger partial charge is 0.350 e. The summed E-state index contributed by atoms with van der Waals surface area (Å²) >= 11 is 0. The highest BCUT2D eigenvalue weighted by Gasteiger charge is 2.24. The van der Waals surface area contributed by atoms with Gasteiger partial charge >= 0.3 is 0 Å². The molecule has 0 aliphatic heterocycles. The number of fused-ring (bicyclic) bond motifs is 1. The van der Waals surface area contributed by atoms with E-state index in [0.29, 0.717) is 6.54 Å². The zero-order valence-electron chi connectivity index (χ0n) is 9.60. The summed E-state index contributed by atoms with van der Waals surface area (Å²) in [5.74, 6) is 0.417. The average molecular weight is 229 g/mol. The molecule has 3 rings (SSSR count). The molecular formula is C13H15N3O. The number of carbonyl (C=O) groups is 1. The van der Waals surface area contributed by atoms with Crippen LogP contribution in [0.3, 0.4) is 0 Å². The molecule has 0 spiro atoms. The molecule has 0 atom stereocenters. The molecule has 0 aromatic carbocycles. The highest BCUT2D eigenvalue weighted by Crippen LogP contribution is 2.26. The number of hydrogen-bond donors (Lipinski definition) is 1. The number of pyridine rings is 1. The van der Waals surface area contributed by atoms with Crippen molar-refractivity contribution in [2.24, 2.45) is 5.92 Å². The summed E-state index contributed by atoms with van der Waals surface area (Å²) in [6.45, 7) is 0.525. The molecule has 1 saturated carbocycles. The second kappa shape index (κ2) is 4.20. The first-order valence-electron chi connectivity index (χ1n) is 6.03. The molecule has 2 heterocycles. The zero-order valence-corrected chi connectivity index (χ0v) is 9.60. The second-order valence-corrected chi connectivity index (χ2v) is 4.54. The Hall–Kier alpha value is -1.84. The lowest BCUT2D eigenvalue weighted by molar-refractivity contribution is -0.127. The highest BCUT2D eigenvalue weighted by atomic mass is 16.1. The van der Waals surface area contributed by atoms with E-state index < -0.39 is 0 Å². The first-order valence-corrected chi connectivity index (χ1v) is 6.03. The molecule has 4 nitrogen and oxygen atoms in total. The van der Waals surface area contributed by atoms with Crippen molar-refractivity contribution in [1.29, 1.82) is 0 Å². The number of amides is 1. The van der Waals surface area contributed by atoms with Crippen LogP contribution in [0.15, 0.2) is 30.6 Å². The number of nitrogens with zero attached hydrogens (tertiary/aromatic N) is 2. The fraction of sp³-hybridized carbons (Fsp3) is 0.385. The fourth-order valence-electron chi connectivity index (χ4n) is 2.06. The molecule has 1 N–H and O–H groups in total. The molecule has 0 saturated heterocycles. The van der Waals surface area contributed by atoms with Crippen molar-refractivity contribution in [2.75, 3.05) is 0 Å². The zero-order chi connectivity index (χ0) is 11.7. The van der Waals surface area contributed by atoms with Crippen LogP contribution in [0.25, 0.3) is 5.65 Å². The molecule has 88 valence electrons. The molecule has 0 radical (unpaired) electrons. The quantitative estimate of drug-likeness (QED) is 0.871. The summed E-state index contributed by atoms with van der Waals surface area (Å²) in [5, 5.41) is 2.95. The minimum atomic E-state index is 0.174. The van der Waals surface area contributed by atoms with Crippen molar-refractivity contribution >= 4 is 11.6 Å². The molecule has 4 heteroatoms. The molecule has 2 aromatic heterocycles. The van der Waals surface area contributed by atoms with Crippen molar-refractivity contribution in [3.8, 4) is 0 Å². The van der Waals surface area contributed by atoms with Crippen LogP contribution in [0.5, 0.6) is 0 Å². The van der Waals surface area contributed by atoms with Crippen LogP contribution >= 0.6 is 0 Å². The van der Waals surface area contributed by atoms with E-state index in [2.05, 4.69) is 10.3 Å². The van der Waals surface area contributed by atoms with Crippen molar-refractivity contribution in [3.05, 3.63) is 36.3 Å². The molecule has 1 amide bonds. The summed E-state index contributed by atoms with van der Waals surface area (Å²) in [5.41, 5.74) is 1.82. The lowest BCUT2D eigenvalue weighted by atomic mass is 9.85. The van der Waals surface area contributed by atoms with E-state index in [1.807, 2.05) is 35.0 Å². The maximum Gasteiger partial charge on any atom is 0.223 e. The molecule has 1 aliphatic carbocycles. The third kappa shape index (κ3) is 2.02. The molecule has 0 bridgehead atoms. The number of aromatic nitrogens is 2. The van der Waals surface area contributed by atoms with Gasteiger partial charge in [0.15, 0.2) is 0 Å². The van der Waals surface area contributed by atoms with Crippen LogP contribution in [0.1, 0.15) is 25.0 Å². The third-order valence-electron chi connectivity index (χ3n) is 3.33. The van der Waals surface area contributed by atoms with E-state index in [-0.39, 0.29) is 11.8 Å². The Labute approximate surface area is 99.7 Å². The van der Waals surface area contributed by atoms with Gasteiger partial charge in [0.1, 0.15) is 5.65 Å². The summed E-state index contributed by atoms with van der Waals surface area (Å²) in [6.07, 6.45) is 7.18. The summed E-state index contributed by atoms with van der Waals surface area (Å²) < 4.78 is 1.96. The Morgan fingerprint density at radius 1 is 1.47 bits per heavy atom. The molecule has 0 unspecified atom stereocenters. The maximum atomic E-state index is 11.7. The fourth-order valence-corrected chi connectivity index (χ4v) is 2.06. The lowest BCUT2D eigenvalue weighted by Crippen LogP contribution is -2.34. The standard InChI is InChI=1S/C13H15N3O/c17-13(10-4-3-5-10)14-8-11-9-16-7-2-1-6-12(16)15-11/h1-2,6-7,9-10H,3-5,8H2,(H,14,17). The van der Waals surface area contributed by atoms with Gasteiger partial charge in [-0.2, -0.15) is 0 Å². The normalized spacial score (nSPS) is 15.8. The van der Waals surface area contributed by atoms with Gasteiger partial charge in [0.2, 0.25) is 5.91 Å². The Bertz CT molecular complexity index is 509. The molecule has 2 aromatic rings. The van der Waals surface area contributed by atoms with Gasteiger partial charge in [0.25, 0.3) is 0 Å². The average Bonchev–Trinajstić information content (AvgIpc) is 2.66. The van der Waals surface area contributed by atoms with Crippen LogP contribution in [-0.4, -0.2) is 15.3 Å². The van der Waals surface area contributed by atoms with Gasteiger partial charge in [-0.25, -0.2) is 4.98 Å². The lowest BCUT2D eigenvalue weighted by Gasteiger charge is -2.23. The molecular weight excluding hydrogens is 214 g/mol. The first kappa shape index (κ1) is 10.3. The van der Waals surface area contributed by atoms with E-state index in [1.54, 1.807) is 0 Å². The minimum Gasteiger partial charge on any atom is -0.350 e. The van der Waals surface area contributed by atoms with Gasteiger partial charge < -0.3 is 9.72 Å². The maximum absolute atomic E-state index is 11.7.